The van der Waals surface area contributed by atoms with Gasteiger partial charge in [0.25, 0.3) is 0 Å². The molecule has 2 aromatic rings. The predicted molar refractivity (Wildman–Crippen MR) is 112 cm³/mol. The van der Waals surface area contributed by atoms with E-state index >= 15 is 0 Å². The molecule has 4 N–H and O–H groups in total. The molecule has 2 amide bonds. The third-order valence-electron chi connectivity index (χ3n) is 4.34. The van der Waals surface area contributed by atoms with Crippen molar-refractivity contribution in [3.05, 3.63) is 63.6 Å². The summed E-state index contributed by atoms with van der Waals surface area (Å²) in [6.07, 6.45) is 2.05. The molecule has 1 aliphatic rings. The number of anilines is 2. The number of hydrogen-bond acceptors (Lipinski definition) is 4. The molecule has 9 heteroatoms. The molecule has 29 heavy (non-hydrogen) atoms. The molecular formula is C20H17Cl2N3O4. The van der Waals surface area contributed by atoms with Crippen molar-refractivity contribution in [2.24, 2.45) is 0 Å². The molecule has 0 bridgehead atoms. The van der Waals surface area contributed by atoms with Crippen LogP contribution in [-0.2, 0) is 20.9 Å². The third kappa shape index (κ3) is 5.07. The van der Waals surface area contributed by atoms with Crippen molar-refractivity contribution in [1.82, 2.24) is 5.32 Å². The van der Waals surface area contributed by atoms with Crippen LogP contribution in [0.4, 0.5) is 11.4 Å². The lowest BCUT2D eigenvalue weighted by Gasteiger charge is -2.27. The Labute approximate surface area is 176 Å². The number of halogens is 2. The number of carbonyl (C=O) groups excluding carboxylic acids is 2. The van der Waals surface area contributed by atoms with Crippen LogP contribution >= 0.6 is 23.2 Å². The fourth-order valence-corrected chi connectivity index (χ4v) is 3.67. The number of nitrogens with one attached hydrogen (secondary N) is 3. The normalized spacial score (nSPS) is 16.5. The summed E-state index contributed by atoms with van der Waals surface area (Å²) in [5.74, 6) is -1.46. The standard InChI is InChI=1S/C20H17Cl2N3O4/c21-13-7-15(22)19-12(5-17(20(28)29)25-16(19)8-13)6-18(27)24-14-3-1-11(2-4-14)9-23-10-26/h1-4,6-8,10,17,25H,5,9H2,(H,23,26)(H,24,27)(H,28,29). The van der Waals surface area contributed by atoms with Gasteiger partial charge >= 0.3 is 5.97 Å². The van der Waals surface area contributed by atoms with E-state index in [4.69, 9.17) is 23.2 Å². The van der Waals surface area contributed by atoms with Crippen molar-refractivity contribution in [2.45, 2.75) is 19.0 Å². The number of fused-ring (bicyclic) bond motifs is 1. The van der Waals surface area contributed by atoms with Crippen molar-refractivity contribution < 1.29 is 19.5 Å². The molecule has 3 rings (SSSR count). The van der Waals surface area contributed by atoms with E-state index in [1.807, 2.05) is 0 Å². The second-order valence-electron chi connectivity index (χ2n) is 6.40. The largest absolute Gasteiger partial charge is 0.480 e. The Balaban J connectivity index is 1.83. The molecule has 1 heterocycles. The van der Waals surface area contributed by atoms with Crippen LogP contribution in [0.1, 0.15) is 17.5 Å². The summed E-state index contributed by atoms with van der Waals surface area (Å²) in [6, 6.07) is 9.19. The van der Waals surface area contributed by atoms with E-state index in [0.717, 1.165) is 5.56 Å². The molecule has 1 unspecified atom stereocenters. The van der Waals surface area contributed by atoms with Crippen LogP contribution < -0.4 is 16.0 Å². The number of carboxylic acid groups (broad SMARTS) is 1. The highest BCUT2D eigenvalue weighted by molar-refractivity contribution is 6.36. The Morgan fingerprint density at radius 3 is 2.59 bits per heavy atom. The minimum absolute atomic E-state index is 0.0907. The Morgan fingerprint density at radius 2 is 1.93 bits per heavy atom. The summed E-state index contributed by atoms with van der Waals surface area (Å²) < 4.78 is 0. The molecule has 0 saturated heterocycles. The molecule has 0 radical (unpaired) electrons. The van der Waals surface area contributed by atoms with Gasteiger partial charge in [-0.15, -0.1) is 0 Å². The van der Waals surface area contributed by atoms with Gasteiger partial charge in [-0.1, -0.05) is 35.3 Å². The van der Waals surface area contributed by atoms with Crippen LogP contribution in [0, 0.1) is 0 Å². The molecule has 0 aromatic heterocycles. The van der Waals surface area contributed by atoms with Crippen LogP contribution in [0.15, 0.2) is 42.5 Å². The van der Waals surface area contributed by atoms with Gasteiger partial charge in [-0.2, -0.15) is 0 Å². The summed E-state index contributed by atoms with van der Waals surface area (Å²) in [7, 11) is 0. The third-order valence-corrected chi connectivity index (χ3v) is 4.86. The van der Waals surface area contributed by atoms with E-state index in [1.165, 1.54) is 6.08 Å². The Kier molecular flexibility index (Phi) is 6.41. The van der Waals surface area contributed by atoms with E-state index < -0.39 is 17.9 Å². The summed E-state index contributed by atoms with van der Waals surface area (Å²) in [5, 5.41) is 18.3. The fourth-order valence-electron chi connectivity index (χ4n) is 3.06. The van der Waals surface area contributed by atoms with Crippen LogP contribution in [-0.4, -0.2) is 29.4 Å². The Bertz CT molecular complexity index is 990. The SMILES string of the molecule is O=CNCc1ccc(NC(=O)C=C2CC(C(=O)O)Nc3cc(Cl)cc(Cl)c32)cc1. The van der Waals surface area contributed by atoms with Crippen molar-refractivity contribution in [3.8, 4) is 0 Å². The van der Waals surface area contributed by atoms with Gasteiger partial charge in [0.05, 0.1) is 5.02 Å². The summed E-state index contributed by atoms with van der Waals surface area (Å²) in [6.45, 7) is 0.392. The van der Waals surface area contributed by atoms with E-state index in [0.29, 0.717) is 45.5 Å². The zero-order valence-corrected chi connectivity index (χ0v) is 16.6. The number of carboxylic acids is 1. The first-order valence-corrected chi connectivity index (χ1v) is 9.39. The minimum atomic E-state index is -1.04. The molecule has 7 nitrogen and oxygen atoms in total. The van der Waals surface area contributed by atoms with E-state index in [2.05, 4.69) is 16.0 Å². The monoisotopic (exact) mass is 433 g/mol. The van der Waals surface area contributed by atoms with Crippen LogP contribution in [0.25, 0.3) is 5.57 Å². The molecule has 0 fully saturated rings. The maximum absolute atomic E-state index is 12.5. The van der Waals surface area contributed by atoms with Crippen molar-refractivity contribution in [2.75, 3.05) is 10.6 Å². The van der Waals surface area contributed by atoms with Gasteiger partial charge in [0.2, 0.25) is 12.3 Å². The van der Waals surface area contributed by atoms with Gasteiger partial charge in [-0.25, -0.2) is 4.79 Å². The fraction of sp³-hybridized carbons (Fsp3) is 0.150. The average Bonchev–Trinajstić information content (AvgIpc) is 2.66. The molecule has 150 valence electrons. The number of benzene rings is 2. The first-order valence-electron chi connectivity index (χ1n) is 8.63. The molecule has 1 atom stereocenters. The van der Waals surface area contributed by atoms with Gasteiger partial charge in [0.15, 0.2) is 0 Å². The number of aliphatic carboxylic acids is 1. The lowest BCUT2D eigenvalue weighted by atomic mass is 9.92. The van der Waals surface area contributed by atoms with Gasteiger partial charge in [-0.05, 0) is 35.4 Å². The first-order chi connectivity index (χ1) is 13.9. The van der Waals surface area contributed by atoms with Crippen LogP contribution in [0.3, 0.4) is 0 Å². The average molecular weight is 434 g/mol. The molecular weight excluding hydrogens is 417 g/mol. The van der Waals surface area contributed by atoms with Gasteiger partial charge in [0, 0.05) is 41.0 Å². The van der Waals surface area contributed by atoms with Crippen LogP contribution in [0.2, 0.25) is 10.0 Å². The predicted octanol–water partition coefficient (Wildman–Crippen LogP) is 3.53. The highest BCUT2D eigenvalue weighted by Crippen LogP contribution is 2.40. The van der Waals surface area contributed by atoms with E-state index in [9.17, 15) is 19.5 Å². The molecule has 1 aliphatic heterocycles. The van der Waals surface area contributed by atoms with Gasteiger partial charge < -0.3 is 21.1 Å². The smallest absolute Gasteiger partial charge is 0.326 e. The van der Waals surface area contributed by atoms with E-state index in [-0.39, 0.29) is 6.42 Å². The number of amides is 2. The summed E-state index contributed by atoms with van der Waals surface area (Å²) >= 11 is 12.3. The quantitative estimate of drug-likeness (QED) is 0.411. The van der Waals surface area contributed by atoms with Gasteiger partial charge in [0.1, 0.15) is 6.04 Å². The highest BCUT2D eigenvalue weighted by Gasteiger charge is 2.29. The first kappa shape index (κ1) is 20.7. The molecule has 2 aromatic carbocycles. The van der Waals surface area contributed by atoms with Crippen molar-refractivity contribution >= 4 is 58.4 Å². The summed E-state index contributed by atoms with van der Waals surface area (Å²) in [4.78, 5) is 34.3. The lowest BCUT2D eigenvalue weighted by molar-refractivity contribution is -0.137. The highest BCUT2D eigenvalue weighted by atomic mass is 35.5. The lowest BCUT2D eigenvalue weighted by Crippen LogP contribution is -2.33. The maximum Gasteiger partial charge on any atom is 0.326 e. The molecule has 0 aliphatic carbocycles. The molecule has 0 saturated carbocycles. The zero-order chi connectivity index (χ0) is 21.0. The zero-order valence-electron chi connectivity index (χ0n) is 15.0. The number of carbonyl (C=O) groups is 3. The van der Waals surface area contributed by atoms with Crippen molar-refractivity contribution in [3.63, 3.8) is 0 Å². The molecule has 0 spiro atoms. The number of hydrogen-bond donors (Lipinski definition) is 4. The van der Waals surface area contributed by atoms with Crippen molar-refractivity contribution in [1.29, 1.82) is 0 Å². The summed E-state index contributed by atoms with van der Waals surface area (Å²) in [5.41, 5.74) is 2.96. The number of rotatable bonds is 6. The second-order valence-corrected chi connectivity index (χ2v) is 7.25. The Morgan fingerprint density at radius 1 is 1.21 bits per heavy atom. The van der Waals surface area contributed by atoms with Crippen LogP contribution in [0.5, 0.6) is 0 Å². The topological polar surface area (TPSA) is 108 Å². The van der Waals surface area contributed by atoms with E-state index in [1.54, 1.807) is 36.4 Å². The second kappa shape index (κ2) is 8.98. The Hall–Kier alpha value is -3.03. The van der Waals surface area contributed by atoms with Gasteiger partial charge in [-0.3, -0.25) is 9.59 Å². The maximum atomic E-state index is 12.5. The minimum Gasteiger partial charge on any atom is -0.480 e.